The number of unbranched alkanes of at least 4 members (excludes halogenated alkanes) is 2. The van der Waals surface area contributed by atoms with Crippen molar-refractivity contribution >= 4 is 0 Å². The molecule has 67 valence electrons. The van der Waals surface area contributed by atoms with E-state index < -0.39 is 0 Å². The molecule has 0 fully saturated rings. The summed E-state index contributed by atoms with van der Waals surface area (Å²) < 4.78 is 0. The molecule has 0 aromatic heterocycles. The van der Waals surface area contributed by atoms with E-state index in [4.69, 9.17) is 0 Å². The van der Waals surface area contributed by atoms with E-state index in [1.165, 1.54) is 0 Å². The molecule has 0 N–H and O–H groups in total. The van der Waals surface area contributed by atoms with Crippen molar-refractivity contribution in [3.05, 3.63) is 0 Å². The largest absolute Gasteiger partial charge is 2.00 e. The summed E-state index contributed by atoms with van der Waals surface area (Å²) in [5, 5.41) is 19.1. The third-order valence-corrected chi connectivity index (χ3v) is 0.996. The van der Waals surface area contributed by atoms with Gasteiger partial charge in [-0.15, -0.1) is 13.2 Å². The quantitative estimate of drug-likeness (QED) is 0.662. The van der Waals surface area contributed by atoms with Crippen LogP contribution in [0.15, 0.2) is 0 Å². The fraction of sp³-hybridized carbons (Fsp3) is 1.00. The van der Waals surface area contributed by atoms with Crippen molar-refractivity contribution in [3.63, 3.8) is 0 Å². The Balaban J connectivity index is -0.000000107. The molecule has 0 heterocycles. The van der Waals surface area contributed by atoms with Crippen LogP contribution >= 0.6 is 0 Å². The maximum Gasteiger partial charge on any atom is 2.00 e. The molecule has 0 aromatic rings. The van der Waals surface area contributed by atoms with E-state index in [2.05, 4.69) is 0 Å². The van der Waals surface area contributed by atoms with Crippen LogP contribution in [-0.4, -0.2) is 13.2 Å². The van der Waals surface area contributed by atoms with E-state index in [1.807, 2.05) is 13.8 Å². The van der Waals surface area contributed by atoms with Gasteiger partial charge in [-0.2, -0.15) is 0 Å². The van der Waals surface area contributed by atoms with Crippen molar-refractivity contribution in [1.29, 1.82) is 0 Å². The molecule has 0 unspecified atom stereocenters. The van der Waals surface area contributed by atoms with Crippen molar-refractivity contribution in [3.8, 4) is 0 Å². The second-order valence-electron chi connectivity index (χ2n) is 2.12. The van der Waals surface area contributed by atoms with E-state index in [0.29, 0.717) is 0 Å². The molecule has 0 aliphatic rings. The Morgan fingerprint density at radius 2 is 1.09 bits per heavy atom. The second-order valence-corrected chi connectivity index (χ2v) is 2.12. The van der Waals surface area contributed by atoms with Crippen LogP contribution in [0.25, 0.3) is 0 Å². The molecule has 11 heavy (non-hydrogen) atoms. The molecule has 0 amide bonds. The first-order valence-corrected chi connectivity index (χ1v) is 3.99. The predicted molar refractivity (Wildman–Crippen MR) is 39.6 cm³/mol. The van der Waals surface area contributed by atoms with Gasteiger partial charge in [0.15, 0.2) is 0 Å². The van der Waals surface area contributed by atoms with Gasteiger partial charge in [-0.3, -0.25) is 0 Å². The maximum absolute atomic E-state index is 9.53. The van der Waals surface area contributed by atoms with Crippen molar-refractivity contribution in [2.45, 2.75) is 39.5 Å². The van der Waals surface area contributed by atoms with Crippen LogP contribution in [0.5, 0.6) is 0 Å². The molecule has 0 rings (SSSR count). The van der Waals surface area contributed by atoms with Gasteiger partial charge in [-0.05, 0) is 0 Å². The topological polar surface area (TPSA) is 46.1 Å². The summed E-state index contributed by atoms with van der Waals surface area (Å²) >= 11 is 0. The van der Waals surface area contributed by atoms with E-state index in [9.17, 15) is 10.2 Å². The molecular weight excluding hydrogens is 221 g/mol. The maximum atomic E-state index is 9.53. The molecule has 2 nitrogen and oxygen atoms in total. The average Bonchev–Trinajstić information content (AvgIpc) is 1.93. The molecule has 0 spiro atoms. The molecule has 3 heteroatoms. The Kier molecular flexibility index (Phi) is 36.0. The number of hydrogen-bond donors (Lipinski definition) is 0. The predicted octanol–water partition coefficient (Wildman–Crippen LogP) is 0.291. The van der Waals surface area contributed by atoms with E-state index in [1.54, 1.807) is 0 Å². The normalized spacial score (nSPS) is 7.64. The Morgan fingerprint density at radius 1 is 0.818 bits per heavy atom. The molecule has 0 aliphatic heterocycles. The molecule has 1 radical (unpaired) electrons. The summed E-state index contributed by atoms with van der Waals surface area (Å²) in [6.07, 6.45) is 3.73. The number of hydrogen-bond acceptors (Lipinski definition) is 2. The SMILES string of the molecule is CCCC[O-].CCCC[O-].[Nb+2]. The van der Waals surface area contributed by atoms with Crippen LogP contribution in [0.1, 0.15) is 39.5 Å². The Morgan fingerprint density at radius 3 is 1.09 bits per heavy atom. The van der Waals surface area contributed by atoms with Crippen LogP contribution in [-0.2, 0) is 22.4 Å². The van der Waals surface area contributed by atoms with Crippen molar-refractivity contribution in [1.82, 2.24) is 0 Å². The summed E-state index contributed by atoms with van der Waals surface area (Å²) in [7, 11) is 0. The standard InChI is InChI=1S/2C4H9O.Nb/c2*1-2-3-4-5;/h2*2-4H2,1H3;/q2*-1;+2. The summed E-state index contributed by atoms with van der Waals surface area (Å²) in [6, 6.07) is 0. The minimum Gasteiger partial charge on any atom is -0.854 e. The smallest absolute Gasteiger partial charge is 0.854 e. The fourth-order valence-electron chi connectivity index (χ4n) is 0.289. The van der Waals surface area contributed by atoms with Gasteiger partial charge >= 0.3 is 22.4 Å². The monoisotopic (exact) mass is 239 g/mol. The summed E-state index contributed by atoms with van der Waals surface area (Å²) in [6.45, 7) is 4.21. The molecule has 0 atom stereocenters. The van der Waals surface area contributed by atoms with Crippen molar-refractivity contribution in [2.24, 2.45) is 0 Å². The fourth-order valence-corrected chi connectivity index (χ4v) is 0.289. The summed E-state index contributed by atoms with van der Waals surface area (Å²) in [5.41, 5.74) is 0. The summed E-state index contributed by atoms with van der Waals surface area (Å²) in [4.78, 5) is 0. The van der Waals surface area contributed by atoms with Crippen LogP contribution in [0.3, 0.4) is 0 Å². The van der Waals surface area contributed by atoms with Crippen molar-refractivity contribution < 1.29 is 32.6 Å². The van der Waals surface area contributed by atoms with E-state index in [0.717, 1.165) is 25.7 Å². The zero-order valence-corrected chi connectivity index (χ0v) is 9.70. The van der Waals surface area contributed by atoms with Crippen molar-refractivity contribution in [2.75, 3.05) is 13.2 Å². The Hall–Kier alpha value is 0.660. The third-order valence-electron chi connectivity index (χ3n) is 0.996. The first kappa shape index (κ1) is 17.7. The molecule has 0 aromatic carbocycles. The van der Waals surface area contributed by atoms with Gasteiger partial charge < -0.3 is 10.2 Å². The van der Waals surface area contributed by atoms with Crippen LogP contribution in [0.2, 0.25) is 0 Å². The molecular formula is C8H18NbO2. The van der Waals surface area contributed by atoms with Gasteiger partial charge in [0, 0.05) is 0 Å². The van der Waals surface area contributed by atoms with E-state index >= 15 is 0 Å². The first-order valence-electron chi connectivity index (χ1n) is 3.99. The number of rotatable bonds is 4. The summed E-state index contributed by atoms with van der Waals surface area (Å²) in [5.74, 6) is 0. The molecule has 0 bridgehead atoms. The third kappa shape index (κ3) is 36.8. The van der Waals surface area contributed by atoms with Gasteiger partial charge in [0.25, 0.3) is 0 Å². The zero-order chi connectivity index (χ0) is 8.24. The molecule has 0 saturated heterocycles. The van der Waals surface area contributed by atoms with Gasteiger partial charge in [-0.25, -0.2) is 0 Å². The average molecular weight is 239 g/mol. The van der Waals surface area contributed by atoms with Gasteiger partial charge in [0.1, 0.15) is 0 Å². The molecule has 0 saturated carbocycles. The molecule has 0 aliphatic carbocycles. The van der Waals surface area contributed by atoms with E-state index in [-0.39, 0.29) is 35.6 Å². The Bertz CT molecular complexity index is 33.1. The van der Waals surface area contributed by atoms with Crippen LogP contribution in [0, 0.1) is 0 Å². The van der Waals surface area contributed by atoms with Gasteiger partial charge in [0.05, 0.1) is 0 Å². The minimum absolute atomic E-state index is 0. The minimum atomic E-state index is 0. The Labute approximate surface area is 85.5 Å². The van der Waals surface area contributed by atoms with Crippen LogP contribution in [0.4, 0.5) is 0 Å². The second kappa shape index (κ2) is 22.4. The zero-order valence-electron chi connectivity index (χ0n) is 7.51. The van der Waals surface area contributed by atoms with Crippen LogP contribution < -0.4 is 10.2 Å². The first-order chi connectivity index (χ1) is 4.83. The van der Waals surface area contributed by atoms with Gasteiger partial charge in [0.2, 0.25) is 0 Å². The van der Waals surface area contributed by atoms with Gasteiger partial charge in [-0.1, -0.05) is 39.5 Å².